The van der Waals surface area contributed by atoms with Gasteiger partial charge in [-0.25, -0.2) is 46.5 Å². The van der Waals surface area contributed by atoms with E-state index in [2.05, 4.69) is 0 Å². The summed E-state index contributed by atoms with van der Waals surface area (Å²) >= 11 is 0. The summed E-state index contributed by atoms with van der Waals surface area (Å²) in [6.45, 7) is 2.30. The maximum Gasteiger partial charge on any atom is 0.417 e. The highest BCUT2D eigenvalue weighted by Gasteiger charge is 2.43. The Bertz CT molecular complexity index is 5350. The second-order valence-corrected chi connectivity index (χ2v) is 33.1. The van der Waals surface area contributed by atoms with Gasteiger partial charge in [-0.1, -0.05) is 20.9 Å². The number of halogens is 13. The van der Waals surface area contributed by atoms with Crippen molar-refractivity contribution in [1.82, 2.24) is 4.57 Å². The number of fused-ring (bicyclic) bond motifs is 8. The molecule has 2 N–H and O–H groups in total. The van der Waals surface area contributed by atoms with E-state index in [1.807, 2.05) is 17.6 Å². The van der Waals surface area contributed by atoms with Crippen molar-refractivity contribution in [3.05, 3.63) is 185 Å². The predicted octanol–water partition coefficient (Wildman–Crippen LogP) is 12.4. The third-order valence-corrected chi connectivity index (χ3v) is 25.4. The number of hydrogen-bond acceptors (Lipinski definition) is 16. The SMILES string of the molecule is C.C.Cc1cc2c(cc1Cc1c3n(c4ccc(F)cc14)CC(C(=O)O)CC3)CCS2(=O)=O.N#Cc1cc2c(cc1C(F)(F)F)S(=O)(=O)C=C2.N#Cc1cc2c(cc1C(F)(F)F)S(=O)(=O)CC2.N#Cc1cc2c(cc1C(F)(F)F)S(=O)(=O)CC2O.O=Cc1cc2c(cc1C(F)(F)F)S(=O)(=O)CC2. The van der Waals surface area contributed by atoms with Crippen LogP contribution in [0.25, 0.3) is 17.0 Å². The van der Waals surface area contributed by atoms with Crippen molar-refractivity contribution >= 4 is 78.4 Å². The number of aldehydes is 1. The average Bonchev–Trinajstić information content (AvgIpc) is 1.62. The maximum absolute atomic E-state index is 14.1. The summed E-state index contributed by atoms with van der Waals surface area (Å²) in [6.07, 6.45) is -16.6. The van der Waals surface area contributed by atoms with Crippen molar-refractivity contribution in [3.8, 4) is 18.2 Å². The first-order valence-electron chi connectivity index (χ1n) is 28.5. The molecule has 36 heteroatoms. The molecule has 6 aliphatic heterocycles. The zero-order valence-corrected chi connectivity index (χ0v) is 54.3. The van der Waals surface area contributed by atoms with E-state index in [1.54, 1.807) is 12.1 Å². The number of carbonyl (C=O) groups is 2. The van der Waals surface area contributed by atoms with E-state index >= 15 is 0 Å². The standard InChI is InChI=1S/C23H22FNO4S.C10H6F3NO3S.C10H6F3NO2S.C10H4F3NO2S.C10H7F3O3S.2CH4/c1-13-8-22-14(6-7-30(22,28)29)9-16(13)10-18-19-11-17(24)3-5-21(19)25-12-15(23(26)27)2-4-20(18)25;11-10(12,13)7-2-9-6(1-5(7)3-14)8(15)4-18(9,16)17;3*11-10(12,13)8-4-9-6(3-7(8)5-14)1-2-17(9,15)16;;/h3,5,8-9,11,15H,2,4,6-7,10,12H2,1H3,(H,26,27);1-2,8,15H,4H2;3-4H,1-2H2;1-4H;3-5H,1-2H2;2*1H4. The number of carbonyl (C=O) groups excluding carboxylic acids is 1. The Hall–Kier alpha value is -8.99. The Labute approximate surface area is 568 Å². The molecule has 13 rings (SSSR count). The van der Waals surface area contributed by atoms with Crippen LogP contribution in [0.5, 0.6) is 0 Å². The van der Waals surface area contributed by atoms with E-state index in [9.17, 15) is 119 Å². The Morgan fingerprint density at radius 1 is 0.584 bits per heavy atom. The van der Waals surface area contributed by atoms with Gasteiger partial charge in [-0.15, -0.1) is 0 Å². The molecule has 0 fully saturated rings. The van der Waals surface area contributed by atoms with E-state index < -0.39 is 152 Å². The lowest BCUT2D eigenvalue weighted by atomic mass is 9.92. The summed E-state index contributed by atoms with van der Waals surface area (Å²) < 4.78 is 284. The quantitative estimate of drug-likeness (QED) is 0.122. The number of benzene rings is 6. The molecule has 101 heavy (non-hydrogen) atoms. The molecule has 0 bridgehead atoms. The van der Waals surface area contributed by atoms with Crippen LogP contribution in [0.2, 0.25) is 0 Å². The number of aromatic nitrogens is 1. The smallest absolute Gasteiger partial charge is 0.417 e. The number of sulfone groups is 5. The molecule has 7 heterocycles. The van der Waals surface area contributed by atoms with Crippen LogP contribution < -0.4 is 0 Å². The second-order valence-electron chi connectivity index (χ2n) is 23.1. The van der Waals surface area contributed by atoms with Gasteiger partial charge in [0.15, 0.2) is 55.5 Å². The molecule has 6 aliphatic rings. The van der Waals surface area contributed by atoms with Crippen LogP contribution in [-0.2, 0) is 117 Å². The summed E-state index contributed by atoms with van der Waals surface area (Å²) in [5.74, 6) is -2.49. The molecule has 6 aromatic carbocycles. The van der Waals surface area contributed by atoms with Crippen molar-refractivity contribution < 1.29 is 119 Å². The molecule has 0 saturated heterocycles. The van der Waals surface area contributed by atoms with Crippen LogP contribution >= 0.6 is 0 Å². The zero-order valence-electron chi connectivity index (χ0n) is 50.2. The molecule has 1 aromatic heterocycles. The molecule has 0 aliphatic carbocycles. The number of aliphatic carboxylic acids is 1. The molecule has 7 aromatic rings. The van der Waals surface area contributed by atoms with E-state index in [0.717, 1.165) is 68.5 Å². The number of carboxylic acids is 1. The highest BCUT2D eigenvalue weighted by molar-refractivity contribution is 7.95. The number of nitrogens with zero attached hydrogens (tertiary/aromatic N) is 4. The van der Waals surface area contributed by atoms with E-state index in [0.29, 0.717) is 61.4 Å². The normalized spacial score (nSPS) is 18.4. The highest BCUT2D eigenvalue weighted by atomic mass is 32.2. The van der Waals surface area contributed by atoms with Crippen molar-refractivity contribution in [1.29, 1.82) is 15.8 Å². The second kappa shape index (κ2) is 28.1. The van der Waals surface area contributed by atoms with Crippen LogP contribution in [0.15, 0.2) is 109 Å². The van der Waals surface area contributed by atoms with Gasteiger partial charge in [0.25, 0.3) is 0 Å². The summed E-state index contributed by atoms with van der Waals surface area (Å²) in [6, 6.07) is 18.4. The zero-order chi connectivity index (χ0) is 73.5. The number of aryl methyl sites for hydroxylation is 4. The lowest BCUT2D eigenvalue weighted by Crippen LogP contribution is -2.26. The monoisotopic (exact) mass is 1520 g/mol. The average molecular weight is 1520 g/mol. The summed E-state index contributed by atoms with van der Waals surface area (Å²) in [5, 5.41) is 46.5. The fourth-order valence-corrected chi connectivity index (χ4v) is 19.6. The van der Waals surface area contributed by atoms with E-state index in [1.165, 1.54) is 36.4 Å². The number of carboxylic acid groups (broad SMARTS) is 1. The van der Waals surface area contributed by atoms with Crippen molar-refractivity contribution in [2.75, 3.05) is 23.0 Å². The van der Waals surface area contributed by atoms with Crippen molar-refractivity contribution in [2.24, 2.45) is 5.92 Å². The predicted molar refractivity (Wildman–Crippen MR) is 335 cm³/mol. The van der Waals surface area contributed by atoms with Crippen LogP contribution in [0.4, 0.5) is 57.1 Å². The van der Waals surface area contributed by atoms with E-state index in [4.69, 9.17) is 15.8 Å². The number of rotatable bonds is 4. The summed E-state index contributed by atoms with van der Waals surface area (Å²) in [7, 11) is -18.2. The van der Waals surface area contributed by atoms with Crippen LogP contribution in [-0.4, -0.2) is 92.1 Å². The lowest BCUT2D eigenvalue weighted by Gasteiger charge is -2.23. The summed E-state index contributed by atoms with van der Waals surface area (Å²) in [4.78, 5) is 21.0. The van der Waals surface area contributed by atoms with Gasteiger partial charge in [-0.05, 0) is 157 Å². The number of aliphatic hydroxyl groups is 1. The first-order chi connectivity index (χ1) is 45.7. The van der Waals surface area contributed by atoms with Gasteiger partial charge in [-0.3, -0.25) is 9.59 Å². The fraction of sp³-hybridized carbons (Fsp3) is 0.308. The molecule has 0 spiro atoms. The molecule has 2 unspecified atom stereocenters. The van der Waals surface area contributed by atoms with Crippen LogP contribution in [0, 0.1) is 52.7 Å². The number of alkyl halides is 12. The number of hydrogen-bond donors (Lipinski definition) is 2. The van der Waals surface area contributed by atoms with Gasteiger partial charge >= 0.3 is 30.7 Å². The van der Waals surface area contributed by atoms with Crippen molar-refractivity contribution in [3.63, 3.8) is 0 Å². The molecule has 0 amide bonds. The first kappa shape index (κ1) is 79.3. The molecule has 0 radical (unpaired) electrons. The first-order valence-corrected chi connectivity index (χ1v) is 36.6. The third kappa shape index (κ3) is 16.0. The Balaban J connectivity index is 0.000000181. The molecular formula is C65H53F13N4O14S5. The van der Waals surface area contributed by atoms with Crippen LogP contribution in [0.3, 0.4) is 0 Å². The lowest BCUT2D eigenvalue weighted by molar-refractivity contribution is -0.143. The highest BCUT2D eigenvalue weighted by Crippen LogP contribution is 2.44. The molecule has 18 nitrogen and oxygen atoms in total. The number of nitriles is 3. The van der Waals surface area contributed by atoms with Gasteiger partial charge in [0.1, 0.15) is 5.82 Å². The Kier molecular flexibility index (Phi) is 22.1. The van der Waals surface area contributed by atoms with Crippen molar-refractivity contribution in [2.45, 2.75) is 122 Å². The minimum Gasteiger partial charge on any atom is -0.481 e. The minimum atomic E-state index is -4.82. The molecular weight excluding hydrogens is 1470 g/mol. The minimum absolute atomic E-state index is 0. The largest absolute Gasteiger partial charge is 0.481 e. The maximum atomic E-state index is 14.1. The Morgan fingerprint density at radius 3 is 1.53 bits per heavy atom. The topological polar surface area (TPSA) is 322 Å². The molecule has 2 atom stereocenters. The molecule has 538 valence electrons. The van der Waals surface area contributed by atoms with Gasteiger partial charge in [0.2, 0.25) is 0 Å². The fourth-order valence-electron chi connectivity index (χ4n) is 12.0. The Morgan fingerprint density at radius 2 is 1.04 bits per heavy atom. The van der Waals surface area contributed by atoms with Gasteiger partial charge in [-0.2, -0.15) is 68.5 Å². The van der Waals surface area contributed by atoms with Gasteiger partial charge in [0, 0.05) is 46.1 Å². The van der Waals surface area contributed by atoms with E-state index in [-0.39, 0.29) is 89.1 Å². The third-order valence-electron chi connectivity index (χ3n) is 16.8. The van der Waals surface area contributed by atoms with Gasteiger partial charge < -0.3 is 14.8 Å². The van der Waals surface area contributed by atoms with Crippen LogP contribution in [0.1, 0.15) is 127 Å². The molecule has 0 saturated carbocycles. The number of aliphatic hydroxyl groups excluding tert-OH is 1. The van der Waals surface area contributed by atoms with Gasteiger partial charge in [0.05, 0.1) is 117 Å². The summed E-state index contributed by atoms with van der Waals surface area (Å²) in [5.41, 5.74) is -1.03.